The molecule has 24 heavy (non-hydrogen) atoms. The summed E-state index contributed by atoms with van der Waals surface area (Å²) in [5.74, 6) is 1.46. The fourth-order valence-corrected chi connectivity index (χ4v) is 2.58. The van der Waals surface area contributed by atoms with Crippen LogP contribution in [0.4, 0.5) is 0 Å². The molecule has 0 saturated heterocycles. The molecule has 0 N–H and O–H groups in total. The number of aryl methyl sites for hydroxylation is 1. The Kier molecular flexibility index (Phi) is 8.16. The molecule has 2 aromatic carbocycles. The van der Waals surface area contributed by atoms with Gasteiger partial charge in [-0.25, -0.2) is 0 Å². The van der Waals surface area contributed by atoms with Gasteiger partial charge in [-0.2, -0.15) is 5.10 Å². The number of aromatic nitrogens is 3. The summed E-state index contributed by atoms with van der Waals surface area (Å²) in [5.41, 5.74) is 1.25. The number of hydrogen-bond acceptors (Lipinski definition) is 4. The molecule has 4 nitrogen and oxygen atoms in total. The van der Waals surface area contributed by atoms with Gasteiger partial charge in [0, 0.05) is 16.7 Å². The van der Waals surface area contributed by atoms with Crippen molar-refractivity contribution in [1.29, 1.82) is 0 Å². The van der Waals surface area contributed by atoms with Gasteiger partial charge < -0.3 is 21.9 Å². The van der Waals surface area contributed by atoms with Gasteiger partial charge in [-0.1, -0.05) is 41.9 Å². The van der Waals surface area contributed by atoms with E-state index in [0.717, 1.165) is 24.5 Å². The van der Waals surface area contributed by atoms with Gasteiger partial charge in [0.2, 0.25) is 0 Å². The van der Waals surface area contributed by atoms with Crippen molar-refractivity contribution in [3.63, 3.8) is 0 Å². The third kappa shape index (κ3) is 5.52. The summed E-state index contributed by atoms with van der Waals surface area (Å²) >= 11 is 11.1. The molecule has 0 atom stereocenters. The average molecular weight is 384 g/mol. The molecule has 3 rings (SSSR count). The van der Waals surface area contributed by atoms with Crippen molar-refractivity contribution in [2.24, 2.45) is 0 Å². The molecule has 0 aliphatic heterocycles. The van der Waals surface area contributed by atoms with Crippen molar-refractivity contribution in [1.82, 2.24) is 14.8 Å². The Morgan fingerprint density at radius 3 is 2.42 bits per heavy atom. The van der Waals surface area contributed by atoms with E-state index in [4.69, 9.17) is 29.0 Å². The summed E-state index contributed by atoms with van der Waals surface area (Å²) in [4.78, 5) is 0. The van der Waals surface area contributed by atoms with E-state index in [9.17, 15) is 0 Å². The number of ether oxygens (including phenoxy) is 1. The van der Waals surface area contributed by atoms with Crippen molar-refractivity contribution in [2.75, 3.05) is 0 Å². The maximum atomic E-state index is 5.86. The summed E-state index contributed by atoms with van der Waals surface area (Å²) in [7, 11) is 0. The molecule has 1 heterocycles. The summed E-state index contributed by atoms with van der Waals surface area (Å²) in [6.07, 6.45) is 0.871. The van der Waals surface area contributed by atoms with Crippen LogP contribution in [0.15, 0.2) is 59.8 Å². The third-order valence-corrected chi connectivity index (χ3v) is 4.00. The predicted molar refractivity (Wildman–Crippen MR) is 91.6 cm³/mol. The van der Waals surface area contributed by atoms with Crippen molar-refractivity contribution >= 4 is 24.2 Å². The SMILES string of the molecule is [K+].[S-]c1nnc(COc2ccc(Cl)cc2)n1CCc1ccccc1. The van der Waals surface area contributed by atoms with Gasteiger partial charge in [0.15, 0.2) is 5.82 Å². The van der Waals surface area contributed by atoms with Crippen molar-refractivity contribution in [3.05, 3.63) is 71.0 Å². The number of rotatable bonds is 6. The number of halogens is 1. The van der Waals surface area contributed by atoms with Gasteiger partial charge in [0.05, 0.1) is 0 Å². The minimum atomic E-state index is 0. The molecular weight excluding hydrogens is 369 g/mol. The van der Waals surface area contributed by atoms with Crippen LogP contribution in [0, 0.1) is 0 Å². The molecule has 7 heteroatoms. The summed E-state index contributed by atoms with van der Waals surface area (Å²) in [6.45, 7) is 1.05. The zero-order valence-electron chi connectivity index (χ0n) is 13.4. The van der Waals surface area contributed by atoms with Gasteiger partial charge in [-0.05, 0) is 36.2 Å². The number of nitrogens with zero attached hydrogens (tertiary/aromatic N) is 3. The molecule has 0 amide bonds. The van der Waals surface area contributed by atoms with Crippen LogP contribution in [0.1, 0.15) is 11.4 Å². The zero-order chi connectivity index (χ0) is 16.1. The Labute approximate surface area is 194 Å². The maximum Gasteiger partial charge on any atom is 1.00 e. The smallest absolute Gasteiger partial charge is 0.740 e. The molecule has 3 aromatic rings. The quantitative estimate of drug-likeness (QED) is 0.463. The van der Waals surface area contributed by atoms with E-state index in [0.29, 0.717) is 16.8 Å². The Bertz CT molecular complexity index is 765. The number of hydrogen-bond donors (Lipinski definition) is 0. The Hall–Kier alpha value is -0.474. The van der Waals surface area contributed by atoms with Crippen LogP contribution in [0.2, 0.25) is 5.02 Å². The Morgan fingerprint density at radius 1 is 1.00 bits per heavy atom. The second-order valence-corrected chi connectivity index (χ2v) is 5.83. The minimum Gasteiger partial charge on any atom is -0.740 e. The second-order valence-electron chi connectivity index (χ2n) is 5.03. The van der Waals surface area contributed by atoms with Crippen molar-refractivity contribution in [3.8, 4) is 5.75 Å². The summed E-state index contributed by atoms with van der Waals surface area (Å²) in [6, 6.07) is 17.5. The first kappa shape index (κ1) is 19.8. The monoisotopic (exact) mass is 383 g/mol. The first-order chi connectivity index (χ1) is 11.2. The summed E-state index contributed by atoms with van der Waals surface area (Å²) in [5, 5.41) is 9.26. The standard InChI is InChI=1S/C17H16ClN3OS.K/c18-14-6-8-15(9-7-14)22-12-16-19-20-17(23)21(16)11-10-13-4-2-1-3-5-13;/h1-9H,10-12H2,(H,20,23);/q;+1/p-1. The van der Waals surface area contributed by atoms with Crippen LogP contribution >= 0.6 is 11.6 Å². The van der Waals surface area contributed by atoms with Crippen molar-refractivity contribution < 1.29 is 56.1 Å². The zero-order valence-corrected chi connectivity index (χ0v) is 18.0. The van der Waals surface area contributed by atoms with E-state index in [1.807, 2.05) is 34.9 Å². The van der Waals surface area contributed by atoms with Crippen LogP contribution in [0.25, 0.3) is 0 Å². The molecule has 0 radical (unpaired) electrons. The molecule has 1 aromatic heterocycles. The maximum absolute atomic E-state index is 5.86. The van der Waals surface area contributed by atoms with Crippen LogP contribution in [0.5, 0.6) is 5.75 Å². The van der Waals surface area contributed by atoms with E-state index in [1.165, 1.54) is 5.56 Å². The first-order valence-electron chi connectivity index (χ1n) is 7.24. The van der Waals surface area contributed by atoms with Gasteiger partial charge in [0.25, 0.3) is 0 Å². The molecular formula is C17H15ClKN3OS. The topological polar surface area (TPSA) is 39.9 Å². The molecule has 0 spiro atoms. The van der Waals surface area contributed by atoms with Crippen LogP contribution in [-0.4, -0.2) is 14.8 Å². The van der Waals surface area contributed by atoms with Gasteiger partial charge >= 0.3 is 51.4 Å². The first-order valence-corrected chi connectivity index (χ1v) is 8.02. The van der Waals surface area contributed by atoms with Crippen LogP contribution in [0.3, 0.4) is 0 Å². The molecule has 0 aliphatic carbocycles. The van der Waals surface area contributed by atoms with E-state index in [1.54, 1.807) is 12.1 Å². The largest absolute Gasteiger partial charge is 1.00 e. The van der Waals surface area contributed by atoms with E-state index < -0.39 is 0 Å². The number of benzene rings is 2. The second kappa shape index (κ2) is 9.87. The van der Waals surface area contributed by atoms with Gasteiger partial charge in [0.1, 0.15) is 12.4 Å². The van der Waals surface area contributed by atoms with E-state index in [2.05, 4.69) is 22.3 Å². The fourth-order valence-electron chi connectivity index (χ4n) is 2.21. The van der Waals surface area contributed by atoms with E-state index >= 15 is 0 Å². The van der Waals surface area contributed by atoms with Gasteiger partial charge in [-0.3, -0.25) is 0 Å². The molecule has 0 aliphatic rings. The van der Waals surface area contributed by atoms with Crippen LogP contribution in [-0.2, 0) is 32.2 Å². The van der Waals surface area contributed by atoms with Gasteiger partial charge in [-0.15, -0.1) is 5.10 Å². The molecule has 118 valence electrons. The predicted octanol–water partition coefficient (Wildman–Crippen LogP) is 0.663. The average Bonchev–Trinajstić information content (AvgIpc) is 2.93. The molecule has 0 unspecified atom stereocenters. The molecule has 0 fully saturated rings. The third-order valence-electron chi connectivity index (χ3n) is 3.44. The van der Waals surface area contributed by atoms with Crippen LogP contribution < -0.4 is 56.1 Å². The fraction of sp³-hybridized carbons (Fsp3) is 0.176. The summed E-state index contributed by atoms with van der Waals surface area (Å²) < 4.78 is 7.64. The molecule has 0 saturated carbocycles. The van der Waals surface area contributed by atoms with E-state index in [-0.39, 0.29) is 51.4 Å². The minimum absolute atomic E-state index is 0. The Balaban J connectivity index is 0.00000208. The Morgan fingerprint density at radius 2 is 1.71 bits per heavy atom. The molecule has 0 bridgehead atoms. The van der Waals surface area contributed by atoms with Crippen molar-refractivity contribution in [2.45, 2.75) is 24.7 Å². The normalized spacial score (nSPS) is 10.2.